The zero-order valence-electron chi connectivity index (χ0n) is 21.8. The van der Waals surface area contributed by atoms with Gasteiger partial charge in [0, 0.05) is 11.6 Å². The normalized spacial score (nSPS) is 11.1. The third-order valence-electron chi connectivity index (χ3n) is 5.56. The van der Waals surface area contributed by atoms with Gasteiger partial charge < -0.3 is 9.47 Å². The number of aryl methyl sites for hydroxylation is 1. The first-order valence-corrected chi connectivity index (χ1v) is 13.8. The summed E-state index contributed by atoms with van der Waals surface area (Å²) < 4.78 is 38.0. The van der Waals surface area contributed by atoms with E-state index < -0.39 is 34.4 Å². The predicted molar refractivity (Wildman–Crippen MR) is 151 cm³/mol. The molecule has 0 atom stereocenters. The molecule has 4 aromatic rings. The lowest BCUT2D eigenvalue weighted by Crippen LogP contribution is -2.34. The molecule has 0 radical (unpaired) electrons. The lowest BCUT2D eigenvalue weighted by Gasteiger charge is -2.11. The number of hydrogen-bond acceptors (Lipinski definition) is 8. The highest BCUT2D eigenvalue weighted by Gasteiger charge is 2.16. The van der Waals surface area contributed by atoms with Crippen LogP contribution in [0.2, 0.25) is 0 Å². The number of carbonyl (C=O) groups excluding carboxylic acids is 3. The van der Waals surface area contributed by atoms with Crippen LogP contribution >= 0.6 is 0 Å². The van der Waals surface area contributed by atoms with Crippen molar-refractivity contribution in [1.82, 2.24) is 10.1 Å². The standard InChI is InChI=1S/C30H25N3O7S/c1-21-12-16-26(17-13-21)41(37,38)32-20-28(34)33-31-19-24-14-15-25(39-29(35)22-8-4-2-5-9-22)18-27(24)40-30(36)23-10-6-3-7-11-23/h2-19,32H,20H2,1H3,(H,33,34). The molecule has 10 nitrogen and oxygen atoms in total. The average Bonchev–Trinajstić information content (AvgIpc) is 2.98. The fraction of sp³-hybridized carbons (Fsp3) is 0.0667. The molecule has 4 aromatic carbocycles. The molecule has 0 spiro atoms. The minimum atomic E-state index is -3.89. The van der Waals surface area contributed by atoms with Crippen LogP contribution in [-0.4, -0.2) is 39.0 Å². The Bertz CT molecular complexity index is 1670. The molecule has 208 valence electrons. The number of ether oxygens (including phenoxy) is 2. The van der Waals surface area contributed by atoms with Gasteiger partial charge in [0.25, 0.3) is 5.91 Å². The topological polar surface area (TPSA) is 140 Å². The summed E-state index contributed by atoms with van der Waals surface area (Å²) in [6.07, 6.45) is 1.21. The summed E-state index contributed by atoms with van der Waals surface area (Å²) in [7, 11) is -3.89. The molecule has 0 saturated carbocycles. The number of sulfonamides is 1. The molecule has 0 aliphatic carbocycles. The van der Waals surface area contributed by atoms with Crippen molar-refractivity contribution in [2.24, 2.45) is 5.10 Å². The van der Waals surface area contributed by atoms with Crippen molar-refractivity contribution in [2.75, 3.05) is 6.54 Å². The summed E-state index contributed by atoms with van der Waals surface area (Å²) in [5.74, 6) is -1.88. The summed E-state index contributed by atoms with van der Waals surface area (Å²) >= 11 is 0. The molecule has 1 amide bonds. The van der Waals surface area contributed by atoms with Gasteiger partial charge in [-0.15, -0.1) is 0 Å². The van der Waals surface area contributed by atoms with Crippen LogP contribution in [0.1, 0.15) is 31.8 Å². The fourth-order valence-corrected chi connectivity index (χ4v) is 4.40. The van der Waals surface area contributed by atoms with Gasteiger partial charge >= 0.3 is 11.9 Å². The Morgan fingerprint density at radius 3 is 1.98 bits per heavy atom. The largest absolute Gasteiger partial charge is 0.423 e. The van der Waals surface area contributed by atoms with Crippen LogP contribution in [0.25, 0.3) is 0 Å². The first kappa shape index (κ1) is 28.9. The maximum absolute atomic E-state index is 12.7. The quantitative estimate of drug-likeness (QED) is 0.127. The minimum absolute atomic E-state index is 0.00953. The number of benzene rings is 4. The Balaban J connectivity index is 1.46. The Hall–Kier alpha value is -5.13. The zero-order chi connectivity index (χ0) is 29.2. The highest BCUT2D eigenvalue weighted by Crippen LogP contribution is 2.26. The Kier molecular flexibility index (Phi) is 9.35. The highest BCUT2D eigenvalue weighted by atomic mass is 32.2. The van der Waals surface area contributed by atoms with Crippen molar-refractivity contribution in [2.45, 2.75) is 11.8 Å². The van der Waals surface area contributed by atoms with E-state index >= 15 is 0 Å². The number of hydrazone groups is 1. The SMILES string of the molecule is Cc1ccc(S(=O)(=O)NCC(=O)NN=Cc2ccc(OC(=O)c3ccccc3)cc2OC(=O)c2ccccc2)cc1. The number of esters is 2. The summed E-state index contributed by atoms with van der Waals surface area (Å²) in [6.45, 7) is 1.27. The fourth-order valence-electron chi connectivity index (χ4n) is 3.42. The number of amides is 1. The van der Waals surface area contributed by atoms with Crippen molar-refractivity contribution in [1.29, 1.82) is 0 Å². The second kappa shape index (κ2) is 13.3. The molecule has 41 heavy (non-hydrogen) atoms. The molecular formula is C30H25N3O7S. The van der Waals surface area contributed by atoms with Crippen LogP contribution < -0.4 is 19.6 Å². The molecule has 0 aromatic heterocycles. The maximum atomic E-state index is 12.7. The van der Waals surface area contributed by atoms with E-state index in [0.29, 0.717) is 5.56 Å². The first-order chi connectivity index (χ1) is 19.7. The van der Waals surface area contributed by atoms with Crippen molar-refractivity contribution in [3.8, 4) is 11.5 Å². The van der Waals surface area contributed by atoms with Crippen LogP contribution in [0.4, 0.5) is 0 Å². The molecule has 0 saturated heterocycles. The van der Waals surface area contributed by atoms with E-state index in [2.05, 4.69) is 15.2 Å². The van der Waals surface area contributed by atoms with E-state index in [1.807, 2.05) is 6.92 Å². The number of hydrogen-bond donors (Lipinski definition) is 2. The monoisotopic (exact) mass is 571 g/mol. The molecular weight excluding hydrogens is 546 g/mol. The molecule has 0 aliphatic heterocycles. The maximum Gasteiger partial charge on any atom is 0.343 e. The molecule has 0 bridgehead atoms. The molecule has 2 N–H and O–H groups in total. The molecule has 0 heterocycles. The number of rotatable bonds is 10. The second-order valence-corrected chi connectivity index (χ2v) is 10.4. The van der Waals surface area contributed by atoms with Gasteiger partial charge in [-0.2, -0.15) is 5.10 Å². The van der Waals surface area contributed by atoms with Gasteiger partial charge in [0.05, 0.1) is 28.8 Å². The van der Waals surface area contributed by atoms with E-state index in [4.69, 9.17) is 9.47 Å². The zero-order valence-corrected chi connectivity index (χ0v) is 22.6. The van der Waals surface area contributed by atoms with Gasteiger partial charge in [-0.25, -0.2) is 28.2 Å². The Morgan fingerprint density at radius 2 is 1.37 bits per heavy atom. The number of nitrogens with zero attached hydrogens (tertiary/aromatic N) is 1. The third-order valence-corrected chi connectivity index (χ3v) is 6.98. The van der Waals surface area contributed by atoms with Crippen LogP contribution in [-0.2, 0) is 14.8 Å². The molecule has 0 fully saturated rings. The molecule has 11 heteroatoms. The van der Waals surface area contributed by atoms with Gasteiger partial charge in [-0.1, -0.05) is 54.1 Å². The van der Waals surface area contributed by atoms with E-state index in [1.54, 1.807) is 72.8 Å². The first-order valence-electron chi connectivity index (χ1n) is 12.3. The van der Waals surface area contributed by atoms with Gasteiger partial charge in [0.2, 0.25) is 10.0 Å². The lowest BCUT2D eigenvalue weighted by molar-refractivity contribution is -0.119. The van der Waals surface area contributed by atoms with Gasteiger partial charge in [-0.3, -0.25) is 4.79 Å². The number of carbonyl (C=O) groups is 3. The van der Waals surface area contributed by atoms with E-state index in [-0.39, 0.29) is 27.5 Å². The highest BCUT2D eigenvalue weighted by molar-refractivity contribution is 7.89. The van der Waals surface area contributed by atoms with Crippen molar-refractivity contribution >= 4 is 34.1 Å². The number of nitrogens with one attached hydrogen (secondary N) is 2. The summed E-state index contributed by atoms with van der Waals surface area (Å²) in [5, 5.41) is 3.85. The van der Waals surface area contributed by atoms with Crippen LogP contribution in [0, 0.1) is 6.92 Å². The Morgan fingerprint density at radius 1 is 0.780 bits per heavy atom. The average molecular weight is 572 g/mol. The van der Waals surface area contributed by atoms with E-state index in [9.17, 15) is 22.8 Å². The van der Waals surface area contributed by atoms with E-state index in [0.717, 1.165) is 5.56 Å². The lowest BCUT2D eigenvalue weighted by atomic mass is 10.2. The minimum Gasteiger partial charge on any atom is -0.423 e. The second-order valence-electron chi connectivity index (χ2n) is 8.64. The van der Waals surface area contributed by atoms with Crippen molar-refractivity contribution < 1.29 is 32.3 Å². The van der Waals surface area contributed by atoms with Gasteiger partial charge in [-0.05, 0) is 55.5 Å². The summed E-state index contributed by atoms with van der Waals surface area (Å²) in [4.78, 5) is 37.4. The molecule has 4 rings (SSSR count). The van der Waals surface area contributed by atoms with Gasteiger partial charge in [0.15, 0.2) is 0 Å². The predicted octanol–water partition coefficient (Wildman–Crippen LogP) is 3.86. The third kappa shape index (κ3) is 8.18. The smallest absolute Gasteiger partial charge is 0.343 e. The van der Waals surface area contributed by atoms with Crippen molar-refractivity contribution in [3.05, 3.63) is 125 Å². The van der Waals surface area contributed by atoms with Crippen molar-refractivity contribution in [3.63, 3.8) is 0 Å². The Labute approximate surface area is 236 Å². The molecule has 0 unspecified atom stereocenters. The van der Waals surface area contributed by atoms with Gasteiger partial charge in [0.1, 0.15) is 11.5 Å². The van der Waals surface area contributed by atoms with Crippen LogP contribution in [0.3, 0.4) is 0 Å². The molecule has 0 aliphatic rings. The van der Waals surface area contributed by atoms with E-state index in [1.165, 1.54) is 36.5 Å². The summed E-state index contributed by atoms with van der Waals surface area (Å²) in [6, 6.07) is 27.1. The van der Waals surface area contributed by atoms with Crippen LogP contribution in [0.15, 0.2) is 113 Å². The van der Waals surface area contributed by atoms with Crippen LogP contribution in [0.5, 0.6) is 11.5 Å². The summed E-state index contributed by atoms with van der Waals surface area (Å²) in [5.41, 5.74) is 4.01.